The number of carbonyl (C=O) groups excluding carboxylic acids is 1. The Balaban J connectivity index is 3.09. The quantitative estimate of drug-likeness (QED) is 0.583. The molecule has 1 radical (unpaired) electrons. The fourth-order valence-electron chi connectivity index (χ4n) is 0.374. The summed E-state index contributed by atoms with van der Waals surface area (Å²) in [5, 5.41) is 10.6. The number of rotatable bonds is 4. The summed E-state index contributed by atoms with van der Waals surface area (Å²) in [4.78, 5) is 10.5. The molecule has 0 fully saturated rings. The summed E-state index contributed by atoms with van der Waals surface area (Å²) < 4.78 is 4.57. The minimum atomic E-state index is -0.502. The number of alkyl carbamates (subject to hydrolysis) is 1. The zero-order valence-corrected chi connectivity index (χ0v) is 5.80. The Kier molecular flexibility index (Phi) is 5.86. The van der Waals surface area contributed by atoms with Crippen molar-refractivity contribution in [2.45, 2.75) is 6.42 Å². The minimum absolute atomic E-state index is 0.0700. The number of hydrogen-bond donors (Lipinski definition) is 2. The van der Waals surface area contributed by atoms with Gasteiger partial charge in [0.1, 0.15) is 0 Å². The molecule has 0 aliphatic rings. The van der Waals surface area contributed by atoms with Crippen LogP contribution in [0.25, 0.3) is 0 Å². The van der Waals surface area contributed by atoms with Gasteiger partial charge in [-0.3, -0.25) is 0 Å². The van der Waals surface area contributed by atoms with Crippen molar-refractivity contribution in [2.24, 2.45) is 0 Å². The summed E-state index contributed by atoms with van der Waals surface area (Å²) in [7, 11) is 0. The van der Waals surface area contributed by atoms with Gasteiger partial charge < -0.3 is 15.2 Å². The maximum absolute atomic E-state index is 10.5. The van der Waals surface area contributed by atoms with Crippen molar-refractivity contribution in [3.8, 4) is 0 Å². The van der Waals surface area contributed by atoms with E-state index in [1.807, 2.05) is 0 Å². The first-order chi connectivity index (χ1) is 4.81. The van der Waals surface area contributed by atoms with Crippen LogP contribution in [0.3, 0.4) is 0 Å². The second-order valence-electron chi connectivity index (χ2n) is 1.64. The Morgan fingerprint density at radius 2 is 2.40 bits per heavy atom. The van der Waals surface area contributed by atoms with Gasteiger partial charge >= 0.3 is 6.09 Å². The number of aliphatic hydroxyl groups excluding tert-OH is 1. The molecule has 59 valence electrons. The molecule has 0 saturated heterocycles. The van der Waals surface area contributed by atoms with E-state index in [2.05, 4.69) is 17.0 Å². The van der Waals surface area contributed by atoms with E-state index in [0.29, 0.717) is 13.0 Å². The maximum atomic E-state index is 10.5. The number of ether oxygens (including phenoxy) is 1. The molecule has 0 saturated carbocycles. The first kappa shape index (κ1) is 9.23. The zero-order valence-electron chi connectivity index (χ0n) is 5.80. The van der Waals surface area contributed by atoms with Crippen molar-refractivity contribution in [2.75, 3.05) is 19.8 Å². The van der Waals surface area contributed by atoms with Gasteiger partial charge in [0, 0.05) is 6.54 Å². The highest BCUT2D eigenvalue weighted by atomic mass is 16.5. The van der Waals surface area contributed by atoms with Gasteiger partial charge in [0.15, 0.2) is 0 Å². The average Bonchev–Trinajstić information content (AvgIpc) is 1.97. The van der Waals surface area contributed by atoms with Gasteiger partial charge in [-0.2, -0.15) is 0 Å². The number of aliphatic hydroxyl groups is 1. The molecule has 1 amide bonds. The van der Waals surface area contributed by atoms with E-state index < -0.39 is 6.09 Å². The van der Waals surface area contributed by atoms with E-state index >= 15 is 0 Å². The molecule has 0 heterocycles. The third-order valence-electron chi connectivity index (χ3n) is 0.759. The minimum Gasteiger partial charge on any atom is -0.450 e. The first-order valence-electron chi connectivity index (χ1n) is 3.12. The lowest BCUT2D eigenvalue weighted by Gasteiger charge is -2.02. The third kappa shape index (κ3) is 5.37. The summed E-state index contributed by atoms with van der Waals surface area (Å²) in [5.74, 6) is 0. The van der Waals surface area contributed by atoms with Gasteiger partial charge in [0.2, 0.25) is 0 Å². The van der Waals surface area contributed by atoms with Gasteiger partial charge in [-0.25, -0.2) is 4.79 Å². The molecular formula is C6H12NO3. The zero-order chi connectivity index (χ0) is 7.82. The molecule has 4 heteroatoms. The highest BCUT2D eigenvalue weighted by Gasteiger charge is 1.96. The summed E-state index contributed by atoms with van der Waals surface area (Å²) in [6.07, 6.45) is 0.0599. The van der Waals surface area contributed by atoms with Gasteiger partial charge in [0.25, 0.3) is 0 Å². The topological polar surface area (TPSA) is 58.6 Å². The van der Waals surface area contributed by atoms with Crippen LogP contribution >= 0.6 is 0 Å². The predicted molar refractivity (Wildman–Crippen MR) is 36.4 cm³/mol. The molecule has 0 aromatic rings. The molecule has 0 atom stereocenters. The van der Waals surface area contributed by atoms with E-state index in [-0.39, 0.29) is 13.2 Å². The first-order valence-corrected chi connectivity index (χ1v) is 3.12. The molecule has 0 aromatic carbocycles. The third-order valence-corrected chi connectivity index (χ3v) is 0.759. The molecule has 0 bridgehead atoms. The molecule has 4 nitrogen and oxygen atoms in total. The summed E-state index contributed by atoms with van der Waals surface area (Å²) in [5.41, 5.74) is 0. The second kappa shape index (κ2) is 6.35. The van der Waals surface area contributed by atoms with Crippen LogP contribution in [0.2, 0.25) is 0 Å². The Hall–Kier alpha value is -0.770. The van der Waals surface area contributed by atoms with Crippen LogP contribution in [0.1, 0.15) is 6.42 Å². The Morgan fingerprint density at radius 3 is 2.90 bits per heavy atom. The van der Waals surface area contributed by atoms with Crippen LogP contribution in [0.4, 0.5) is 4.79 Å². The van der Waals surface area contributed by atoms with Crippen molar-refractivity contribution in [1.29, 1.82) is 0 Å². The number of carbonyl (C=O) groups is 1. The van der Waals surface area contributed by atoms with Crippen LogP contribution in [0, 0.1) is 6.92 Å². The van der Waals surface area contributed by atoms with Crippen LogP contribution in [0.5, 0.6) is 0 Å². The molecule has 0 aromatic heterocycles. The summed E-state index contributed by atoms with van der Waals surface area (Å²) >= 11 is 0. The predicted octanol–water partition coefficient (Wildman–Crippen LogP) is -0.0709. The van der Waals surface area contributed by atoms with Crippen LogP contribution in [-0.2, 0) is 4.74 Å². The molecule has 0 aliphatic carbocycles. The van der Waals surface area contributed by atoms with Gasteiger partial charge in [-0.15, -0.1) is 0 Å². The molecular weight excluding hydrogens is 134 g/mol. The summed E-state index contributed by atoms with van der Waals surface area (Å²) in [6.45, 7) is 3.96. The van der Waals surface area contributed by atoms with Crippen LogP contribution in [-0.4, -0.2) is 31.0 Å². The van der Waals surface area contributed by atoms with Crippen LogP contribution in [0.15, 0.2) is 0 Å². The standard InChI is InChI=1S/C6H12NO3/c1-2-5-10-6(9)7-3-4-8/h8H,1-5H2,(H,7,9). The van der Waals surface area contributed by atoms with Gasteiger partial charge in [-0.1, -0.05) is 0 Å². The smallest absolute Gasteiger partial charge is 0.407 e. The Morgan fingerprint density at radius 1 is 1.70 bits per heavy atom. The Bertz CT molecular complexity index is 85.0. The normalized spacial score (nSPS) is 9.00. The van der Waals surface area contributed by atoms with Crippen molar-refractivity contribution >= 4 is 6.09 Å². The molecule has 0 aliphatic heterocycles. The van der Waals surface area contributed by atoms with Crippen molar-refractivity contribution in [3.63, 3.8) is 0 Å². The monoisotopic (exact) mass is 146 g/mol. The SMILES string of the molecule is [CH2]CCOC(=O)NCCO. The van der Waals surface area contributed by atoms with E-state index in [0.717, 1.165) is 0 Å². The average molecular weight is 146 g/mol. The molecule has 2 N–H and O–H groups in total. The Labute approximate surface area is 60.2 Å². The van der Waals surface area contributed by atoms with E-state index in [4.69, 9.17) is 5.11 Å². The second-order valence-corrected chi connectivity index (χ2v) is 1.64. The van der Waals surface area contributed by atoms with Crippen LogP contribution < -0.4 is 5.32 Å². The maximum Gasteiger partial charge on any atom is 0.407 e. The molecule has 0 rings (SSSR count). The fourth-order valence-corrected chi connectivity index (χ4v) is 0.374. The largest absolute Gasteiger partial charge is 0.450 e. The van der Waals surface area contributed by atoms with Gasteiger partial charge in [-0.05, 0) is 13.3 Å². The van der Waals surface area contributed by atoms with Crippen molar-refractivity contribution in [1.82, 2.24) is 5.32 Å². The fraction of sp³-hybridized carbons (Fsp3) is 0.667. The lowest BCUT2D eigenvalue weighted by Crippen LogP contribution is -2.27. The molecule has 0 unspecified atom stereocenters. The highest BCUT2D eigenvalue weighted by molar-refractivity contribution is 5.66. The van der Waals surface area contributed by atoms with Crippen molar-refractivity contribution < 1.29 is 14.6 Å². The van der Waals surface area contributed by atoms with E-state index in [1.54, 1.807) is 0 Å². The summed E-state index contributed by atoms with van der Waals surface area (Å²) in [6, 6.07) is 0. The lowest BCUT2D eigenvalue weighted by atomic mass is 10.5. The molecule has 0 spiro atoms. The molecule has 10 heavy (non-hydrogen) atoms. The number of nitrogens with one attached hydrogen (secondary N) is 1. The highest BCUT2D eigenvalue weighted by Crippen LogP contribution is 1.79. The number of hydrogen-bond acceptors (Lipinski definition) is 3. The van der Waals surface area contributed by atoms with Gasteiger partial charge in [0.05, 0.1) is 13.2 Å². The van der Waals surface area contributed by atoms with Crippen molar-refractivity contribution in [3.05, 3.63) is 6.92 Å². The van der Waals surface area contributed by atoms with E-state index in [1.165, 1.54) is 0 Å². The lowest BCUT2D eigenvalue weighted by molar-refractivity contribution is 0.145. The number of amides is 1. The van der Waals surface area contributed by atoms with E-state index in [9.17, 15) is 4.79 Å².